The minimum atomic E-state index is -0.892. The maximum Gasteiger partial charge on any atom is 0.303 e. The van der Waals surface area contributed by atoms with Gasteiger partial charge in [0.1, 0.15) is 23.0 Å². The minimum Gasteiger partial charge on any atom is -0.481 e. The summed E-state index contributed by atoms with van der Waals surface area (Å²) in [6.45, 7) is 0. The fourth-order valence-corrected chi connectivity index (χ4v) is 3.95. The van der Waals surface area contributed by atoms with E-state index in [4.69, 9.17) is 19.7 Å². The standard InChI is InChI=1S/C17H16O4.C17H18O3/c18-15(10-6-12-17(19)20)14-9-4-5-11-16(14)21-13-7-2-1-3-8-13;18-17(19)13-7-5-9-14-8-4-6-12-16(14)20-15-10-2-1-3-11-15/h1-5,7-9,11H,6,10,12H2,(H,19,20);1-4,6,8,10-12H,5,7,9,13H2,(H,18,19). The summed E-state index contributed by atoms with van der Waals surface area (Å²) in [7, 11) is 0. The molecule has 4 rings (SSSR count). The van der Waals surface area contributed by atoms with Crippen LogP contribution < -0.4 is 9.47 Å². The van der Waals surface area contributed by atoms with E-state index in [2.05, 4.69) is 0 Å². The molecule has 0 atom stereocenters. The molecule has 2 N–H and O–H groups in total. The van der Waals surface area contributed by atoms with E-state index < -0.39 is 11.9 Å². The van der Waals surface area contributed by atoms with Gasteiger partial charge in [0.05, 0.1) is 5.56 Å². The number of aryl methyl sites for hydroxylation is 1. The molecule has 212 valence electrons. The van der Waals surface area contributed by atoms with Crippen LogP contribution in [0.15, 0.2) is 109 Å². The number of para-hydroxylation sites is 4. The van der Waals surface area contributed by atoms with Crippen LogP contribution in [0.4, 0.5) is 0 Å². The molecule has 0 aliphatic carbocycles. The largest absolute Gasteiger partial charge is 0.481 e. The maximum absolute atomic E-state index is 12.2. The van der Waals surface area contributed by atoms with Crippen LogP contribution in [-0.2, 0) is 16.0 Å². The van der Waals surface area contributed by atoms with E-state index in [-0.39, 0.29) is 25.0 Å². The molecular weight excluding hydrogens is 520 g/mol. The number of ether oxygens (including phenoxy) is 2. The van der Waals surface area contributed by atoms with Gasteiger partial charge in [0, 0.05) is 19.3 Å². The lowest BCUT2D eigenvalue weighted by atomic mass is 10.0. The molecule has 0 unspecified atom stereocenters. The molecule has 7 heteroatoms. The van der Waals surface area contributed by atoms with Crippen LogP contribution in [0.5, 0.6) is 23.0 Å². The zero-order valence-corrected chi connectivity index (χ0v) is 22.8. The molecule has 0 aliphatic rings. The summed E-state index contributed by atoms with van der Waals surface area (Å²) in [4.78, 5) is 33.1. The number of aliphatic carboxylic acids is 2. The lowest BCUT2D eigenvalue weighted by molar-refractivity contribution is -0.138. The summed E-state index contributed by atoms with van der Waals surface area (Å²) < 4.78 is 11.6. The van der Waals surface area contributed by atoms with Crippen LogP contribution in [0, 0.1) is 0 Å². The molecule has 41 heavy (non-hydrogen) atoms. The number of unbranched alkanes of at least 4 members (excludes halogenated alkanes) is 1. The van der Waals surface area contributed by atoms with E-state index in [1.54, 1.807) is 24.3 Å². The summed E-state index contributed by atoms with van der Waals surface area (Å²) in [6, 6.07) is 33.8. The maximum atomic E-state index is 12.2. The third-order valence-electron chi connectivity index (χ3n) is 5.98. The van der Waals surface area contributed by atoms with E-state index >= 15 is 0 Å². The van der Waals surface area contributed by atoms with Gasteiger partial charge in [-0.05, 0) is 73.7 Å². The number of ketones is 1. The highest BCUT2D eigenvalue weighted by Gasteiger charge is 2.13. The summed E-state index contributed by atoms with van der Waals surface area (Å²) in [5, 5.41) is 17.2. The molecular formula is C34H34O7. The van der Waals surface area contributed by atoms with E-state index in [0.29, 0.717) is 29.9 Å². The Hall–Kier alpha value is -4.91. The highest BCUT2D eigenvalue weighted by molar-refractivity contribution is 5.98. The first-order chi connectivity index (χ1) is 19.9. The lowest BCUT2D eigenvalue weighted by Gasteiger charge is -2.10. The van der Waals surface area contributed by atoms with Gasteiger partial charge in [-0.25, -0.2) is 0 Å². The third kappa shape index (κ3) is 11.4. The van der Waals surface area contributed by atoms with Gasteiger partial charge >= 0.3 is 11.9 Å². The first-order valence-electron chi connectivity index (χ1n) is 13.5. The number of benzene rings is 4. The topological polar surface area (TPSA) is 110 Å². The molecule has 0 saturated heterocycles. The van der Waals surface area contributed by atoms with Crippen molar-refractivity contribution >= 4 is 17.7 Å². The molecule has 0 bridgehead atoms. The fraction of sp³-hybridized carbons (Fsp3) is 0.206. The van der Waals surface area contributed by atoms with Crippen molar-refractivity contribution in [3.8, 4) is 23.0 Å². The fourth-order valence-electron chi connectivity index (χ4n) is 3.95. The van der Waals surface area contributed by atoms with E-state index in [1.807, 2.05) is 84.9 Å². The highest BCUT2D eigenvalue weighted by Crippen LogP contribution is 2.27. The predicted molar refractivity (Wildman–Crippen MR) is 157 cm³/mol. The quantitative estimate of drug-likeness (QED) is 0.119. The number of Topliss-reactive ketones (excluding diaryl/α,β-unsaturated/α-hetero) is 1. The highest BCUT2D eigenvalue weighted by atomic mass is 16.5. The van der Waals surface area contributed by atoms with Crippen molar-refractivity contribution in [3.63, 3.8) is 0 Å². The van der Waals surface area contributed by atoms with Gasteiger partial charge in [-0.3, -0.25) is 14.4 Å². The average molecular weight is 555 g/mol. The van der Waals surface area contributed by atoms with Crippen LogP contribution in [-0.4, -0.2) is 27.9 Å². The van der Waals surface area contributed by atoms with E-state index in [1.165, 1.54) is 0 Å². The molecule has 0 aromatic heterocycles. The number of carbonyl (C=O) groups excluding carboxylic acids is 1. The van der Waals surface area contributed by atoms with Crippen molar-refractivity contribution in [2.24, 2.45) is 0 Å². The van der Waals surface area contributed by atoms with Gasteiger partial charge in [-0.2, -0.15) is 0 Å². The van der Waals surface area contributed by atoms with E-state index in [9.17, 15) is 14.4 Å². The third-order valence-corrected chi connectivity index (χ3v) is 5.98. The van der Waals surface area contributed by atoms with Crippen molar-refractivity contribution in [3.05, 3.63) is 120 Å². The zero-order valence-electron chi connectivity index (χ0n) is 22.8. The first-order valence-corrected chi connectivity index (χ1v) is 13.5. The van der Waals surface area contributed by atoms with Crippen LogP contribution in [0.25, 0.3) is 0 Å². The SMILES string of the molecule is O=C(O)CCCC(=O)c1ccccc1Oc1ccccc1.O=C(O)CCCCc1ccccc1Oc1ccccc1. The molecule has 4 aromatic carbocycles. The molecule has 0 spiro atoms. The van der Waals surface area contributed by atoms with Crippen LogP contribution >= 0.6 is 0 Å². The van der Waals surface area contributed by atoms with Gasteiger partial charge in [-0.1, -0.05) is 66.7 Å². The van der Waals surface area contributed by atoms with Crippen LogP contribution in [0.2, 0.25) is 0 Å². The monoisotopic (exact) mass is 554 g/mol. The Balaban J connectivity index is 0.000000226. The van der Waals surface area contributed by atoms with Gasteiger partial charge < -0.3 is 19.7 Å². The predicted octanol–water partition coefficient (Wildman–Crippen LogP) is 8.19. The number of hydrogen-bond donors (Lipinski definition) is 2. The van der Waals surface area contributed by atoms with Crippen molar-refractivity contribution < 1.29 is 34.1 Å². The van der Waals surface area contributed by atoms with Crippen LogP contribution in [0.3, 0.4) is 0 Å². The first kappa shape index (κ1) is 30.6. The number of carboxylic acid groups (broad SMARTS) is 2. The molecule has 0 radical (unpaired) electrons. The molecule has 0 heterocycles. The van der Waals surface area contributed by atoms with E-state index in [0.717, 1.165) is 29.9 Å². The second-order valence-electron chi connectivity index (χ2n) is 9.21. The van der Waals surface area contributed by atoms with Crippen molar-refractivity contribution in [1.29, 1.82) is 0 Å². The average Bonchev–Trinajstić information content (AvgIpc) is 2.97. The molecule has 7 nitrogen and oxygen atoms in total. The lowest BCUT2D eigenvalue weighted by Crippen LogP contribution is -2.03. The minimum absolute atomic E-state index is 0.00650. The number of hydrogen-bond acceptors (Lipinski definition) is 5. The summed E-state index contributed by atoms with van der Waals surface area (Å²) in [6.07, 6.45) is 3.11. The molecule has 0 amide bonds. The van der Waals surface area contributed by atoms with Gasteiger partial charge in [-0.15, -0.1) is 0 Å². The van der Waals surface area contributed by atoms with Gasteiger partial charge in [0.25, 0.3) is 0 Å². The van der Waals surface area contributed by atoms with Crippen LogP contribution in [0.1, 0.15) is 54.4 Å². The zero-order chi connectivity index (χ0) is 29.3. The molecule has 0 aliphatic heterocycles. The summed E-state index contributed by atoms with van der Waals surface area (Å²) >= 11 is 0. The second-order valence-corrected chi connectivity index (χ2v) is 9.21. The normalized spacial score (nSPS) is 10.1. The molecule has 0 saturated carbocycles. The number of carbonyl (C=O) groups is 3. The van der Waals surface area contributed by atoms with Crippen molar-refractivity contribution in [2.45, 2.75) is 44.9 Å². The Labute approximate surface area is 240 Å². The van der Waals surface area contributed by atoms with Crippen molar-refractivity contribution in [2.75, 3.05) is 0 Å². The Morgan fingerprint density at radius 3 is 1.61 bits per heavy atom. The Kier molecular flexibility index (Phi) is 12.6. The Morgan fingerprint density at radius 1 is 0.512 bits per heavy atom. The smallest absolute Gasteiger partial charge is 0.303 e. The van der Waals surface area contributed by atoms with Gasteiger partial charge in [0.15, 0.2) is 5.78 Å². The van der Waals surface area contributed by atoms with Gasteiger partial charge in [0.2, 0.25) is 0 Å². The number of carboxylic acids is 2. The summed E-state index contributed by atoms with van der Waals surface area (Å²) in [5.41, 5.74) is 1.59. The van der Waals surface area contributed by atoms with Crippen molar-refractivity contribution in [1.82, 2.24) is 0 Å². The molecule has 4 aromatic rings. The Morgan fingerprint density at radius 2 is 1.00 bits per heavy atom. The molecule has 0 fully saturated rings. The Bertz CT molecular complexity index is 1380. The number of rotatable bonds is 14. The second kappa shape index (κ2) is 16.9. The summed E-state index contributed by atoms with van der Waals surface area (Å²) in [5.74, 6) is 1.06.